The lowest BCUT2D eigenvalue weighted by Crippen LogP contribution is -2.58. The highest BCUT2D eigenvalue weighted by Gasteiger charge is 2.40. The Kier molecular flexibility index (Phi) is 5.85. The summed E-state index contributed by atoms with van der Waals surface area (Å²) in [4.78, 5) is 9.38. The molecule has 2 aromatic rings. The van der Waals surface area contributed by atoms with Gasteiger partial charge < -0.3 is 9.47 Å². The van der Waals surface area contributed by atoms with Crippen molar-refractivity contribution in [3.05, 3.63) is 51.7 Å². The van der Waals surface area contributed by atoms with Gasteiger partial charge in [0.1, 0.15) is 11.4 Å². The first-order chi connectivity index (χ1) is 13.1. The van der Waals surface area contributed by atoms with Gasteiger partial charge in [-0.05, 0) is 24.6 Å². The Morgan fingerprint density at radius 2 is 1.85 bits per heavy atom. The van der Waals surface area contributed by atoms with Crippen LogP contribution >= 0.6 is 11.3 Å². The molecule has 0 amide bonds. The number of aromatic nitrogens is 1. The third kappa shape index (κ3) is 4.92. The van der Waals surface area contributed by atoms with E-state index in [9.17, 15) is 4.39 Å². The van der Waals surface area contributed by atoms with Crippen molar-refractivity contribution < 1.29 is 13.9 Å². The summed E-state index contributed by atoms with van der Waals surface area (Å²) in [5, 5.41) is 3.24. The fourth-order valence-corrected chi connectivity index (χ4v) is 4.52. The molecule has 7 heteroatoms. The van der Waals surface area contributed by atoms with Crippen molar-refractivity contribution in [1.82, 2.24) is 14.8 Å². The van der Waals surface area contributed by atoms with E-state index in [-0.39, 0.29) is 11.4 Å². The van der Waals surface area contributed by atoms with E-state index in [1.807, 2.05) is 19.1 Å². The maximum atomic E-state index is 13.2. The van der Waals surface area contributed by atoms with Crippen LogP contribution < -0.4 is 0 Å². The van der Waals surface area contributed by atoms with Gasteiger partial charge in [0.05, 0.1) is 30.5 Å². The van der Waals surface area contributed by atoms with Crippen LogP contribution in [0.4, 0.5) is 4.39 Å². The quantitative estimate of drug-likeness (QED) is 0.801. The van der Waals surface area contributed by atoms with Gasteiger partial charge >= 0.3 is 0 Å². The summed E-state index contributed by atoms with van der Waals surface area (Å²) < 4.78 is 25.3. The highest BCUT2D eigenvalue weighted by molar-refractivity contribution is 7.09. The van der Waals surface area contributed by atoms with Gasteiger partial charge in [0.15, 0.2) is 0 Å². The van der Waals surface area contributed by atoms with Crippen molar-refractivity contribution in [2.75, 3.05) is 46.0 Å². The third-order valence-corrected chi connectivity index (χ3v) is 5.95. The number of rotatable bonds is 4. The van der Waals surface area contributed by atoms with Gasteiger partial charge in [-0.2, -0.15) is 0 Å². The van der Waals surface area contributed by atoms with Crippen molar-refractivity contribution in [2.24, 2.45) is 0 Å². The maximum absolute atomic E-state index is 13.2. The van der Waals surface area contributed by atoms with Gasteiger partial charge in [-0.1, -0.05) is 12.1 Å². The second-order valence-electron chi connectivity index (χ2n) is 7.49. The fourth-order valence-electron chi connectivity index (χ4n) is 3.92. The van der Waals surface area contributed by atoms with E-state index < -0.39 is 0 Å². The lowest BCUT2D eigenvalue weighted by Gasteiger charge is -2.43. The van der Waals surface area contributed by atoms with E-state index in [1.54, 1.807) is 11.3 Å². The van der Waals surface area contributed by atoms with E-state index >= 15 is 0 Å². The summed E-state index contributed by atoms with van der Waals surface area (Å²) >= 11 is 1.69. The maximum Gasteiger partial charge on any atom is 0.123 e. The molecule has 1 spiro atoms. The van der Waals surface area contributed by atoms with Crippen LogP contribution in [-0.4, -0.2) is 66.4 Å². The standard InChI is InChI=1S/C20H26FN3O2S/c1-16-22-19(12-27-16)11-24-6-8-25-15-20(14-24)13-23(7-9-26-20)10-17-2-4-18(21)5-3-17/h2-5,12H,6-11,13-15H2,1H3/t20-/m0/s1. The van der Waals surface area contributed by atoms with E-state index in [0.29, 0.717) is 19.8 Å². The minimum atomic E-state index is -0.320. The van der Waals surface area contributed by atoms with Crippen LogP contribution in [0.1, 0.15) is 16.3 Å². The SMILES string of the molecule is Cc1nc(CN2CCOC[C@]3(CN(Cc4ccc(F)cc4)CCO3)C2)cs1. The Labute approximate surface area is 163 Å². The van der Waals surface area contributed by atoms with Gasteiger partial charge in [-0.15, -0.1) is 11.3 Å². The molecule has 146 valence electrons. The fraction of sp³-hybridized carbons (Fsp3) is 0.550. The molecule has 2 aliphatic heterocycles. The minimum Gasteiger partial charge on any atom is -0.377 e. The molecule has 2 saturated heterocycles. The van der Waals surface area contributed by atoms with Gasteiger partial charge in [0, 0.05) is 44.6 Å². The molecule has 0 unspecified atom stereocenters. The number of morpholine rings is 1. The van der Waals surface area contributed by atoms with Crippen molar-refractivity contribution in [2.45, 2.75) is 25.6 Å². The van der Waals surface area contributed by atoms with Crippen LogP contribution in [0.3, 0.4) is 0 Å². The molecular formula is C20H26FN3O2S. The Balaban J connectivity index is 1.42. The molecule has 0 bridgehead atoms. The largest absolute Gasteiger partial charge is 0.377 e. The van der Waals surface area contributed by atoms with Crippen LogP contribution in [-0.2, 0) is 22.6 Å². The minimum absolute atomic E-state index is 0.192. The first-order valence-electron chi connectivity index (χ1n) is 9.42. The summed E-state index contributed by atoms with van der Waals surface area (Å²) in [6, 6.07) is 6.77. The first-order valence-corrected chi connectivity index (χ1v) is 10.3. The number of ether oxygens (including phenoxy) is 2. The lowest BCUT2D eigenvalue weighted by atomic mass is 10.0. The number of hydrogen-bond donors (Lipinski definition) is 0. The molecule has 27 heavy (non-hydrogen) atoms. The zero-order chi connectivity index (χ0) is 18.7. The highest BCUT2D eigenvalue weighted by Crippen LogP contribution is 2.25. The summed E-state index contributed by atoms with van der Waals surface area (Å²) in [5.41, 5.74) is 1.92. The van der Waals surface area contributed by atoms with E-state index in [1.165, 1.54) is 12.1 Å². The smallest absolute Gasteiger partial charge is 0.123 e. The number of aryl methyl sites for hydroxylation is 1. The molecule has 1 aromatic heterocycles. The molecule has 0 radical (unpaired) electrons. The summed E-state index contributed by atoms with van der Waals surface area (Å²) in [6.45, 7) is 9.11. The predicted molar refractivity (Wildman–Crippen MR) is 103 cm³/mol. The lowest BCUT2D eigenvalue weighted by molar-refractivity contribution is -0.143. The summed E-state index contributed by atoms with van der Waals surface area (Å²) in [6.07, 6.45) is 0. The second-order valence-corrected chi connectivity index (χ2v) is 8.55. The number of hydrogen-bond acceptors (Lipinski definition) is 6. The van der Waals surface area contributed by atoms with Crippen LogP contribution in [0.15, 0.2) is 29.6 Å². The molecule has 0 N–H and O–H groups in total. The number of nitrogens with zero attached hydrogens (tertiary/aromatic N) is 3. The third-order valence-electron chi connectivity index (χ3n) is 5.13. The summed E-state index contributed by atoms with van der Waals surface area (Å²) in [7, 11) is 0. The summed E-state index contributed by atoms with van der Waals surface area (Å²) in [5.74, 6) is -0.192. The van der Waals surface area contributed by atoms with Gasteiger partial charge in [-0.3, -0.25) is 9.80 Å². The van der Waals surface area contributed by atoms with E-state index in [2.05, 4.69) is 20.2 Å². The van der Waals surface area contributed by atoms with Crippen molar-refractivity contribution in [3.63, 3.8) is 0 Å². The highest BCUT2D eigenvalue weighted by atomic mass is 32.1. The monoisotopic (exact) mass is 391 g/mol. The molecular weight excluding hydrogens is 365 g/mol. The van der Waals surface area contributed by atoms with Gasteiger partial charge in [0.2, 0.25) is 0 Å². The van der Waals surface area contributed by atoms with E-state index in [0.717, 1.165) is 55.5 Å². The topological polar surface area (TPSA) is 37.8 Å². The Morgan fingerprint density at radius 1 is 1.11 bits per heavy atom. The van der Waals surface area contributed by atoms with Crippen molar-refractivity contribution in [1.29, 1.82) is 0 Å². The number of halogens is 1. The molecule has 4 rings (SSSR count). The molecule has 1 aromatic carbocycles. The number of benzene rings is 1. The Hall–Kier alpha value is -1.38. The van der Waals surface area contributed by atoms with Crippen LogP contribution in [0.5, 0.6) is 0 Å². The Morgan fingerprint density at radius 3 is 2.59 bits per heavy atom. The molecule has 5 nitrogen and oxygen atoms in total. The van der Waals surface area contributed by atoms with Crippen LogP contribution in [0.2, 0.25) is 0 Å². The number of thiazole rings is 1. The molecule has 2 aliphatic rings. The molecule has 3 heterocycles. The second kappa shape index (κ2) is 8.32. The average Bonchev–Trinajstić information content (AvgIpc) is 2.96. The average molecular weight is 392 g/mol. The molecule has 0 aliphatic carbocycles. The van der Waals surface area contributed by atoms with Gasteiger partial charge in [-0.25, -0.2) is 9.37 Å². The Bertz CT molecular complexity index is 754. The molecule has 2 fully saturated rings. The predicted octanol–water partition coefficient (Wildman–Crippen LogP) is 2.69. The van der Waals surface area contributed by atoms with Crippen molar-refractivity contribution in [3.8, 4) is 0 Å². The zero-order valence-electron chi connectivity index (χ0n) is 15.7. The first kappa shape index (κ1) is 19.0. The van der Waals surface area contributed by atoms with Crippen molar-refractivity contribution >= 4 is 11.3 Å². The van der Waals surface area contributed by atoms with Crippen LogP contribution in [0, 0.1) is 12.7 Å². The zero-order valence-corrected chi connectivity index (χ0v) is 16.5. The van der Waals surface area contributed by atoms with E-state index in [4.69, 9.17) is 9.47 Å². The molecule has 1 atom stereocenters. The van der Waals surface area contributed by atoms with Crippen LogP contribution in [0.25, 0.3) is 0 Å². The van der Waals surface area contributed by atoms with Gasteiger partial charge in [0.25, 0.3) is 0 Å². The normalized spacial score (nSPS) is 25.0. The molecule has 0 saturated carbocycles.